The minimum Gasteiger partial charge on any atom is -0.463 e. The van der Waals surface area contributed by atoms with E-state index >= 15 is 0 Å². The number of esters is 2. The normalized spacial score (nSPS) is 35.0. The van der Waals surface area contributed by atoms with Crippen molar-refractivity contribution in [3.8, 4) is 6.07 Å². The maximum absolute atomic E-state index is 11.6. The van der Waals surface area contributed by atoms with Gasteiger partial charge in [0.1, 0.15) is 40.6 Å². The van der Waals surface area contributed by atoms with Gasteiger partial charge in [-0.2, -0.15) is 5.26 Å². The van der Waals surface area contributed by atoms with Crippen molar-refractivity contribution in [3.05, 3.63) is 22.6 Å². The average molecular weight is 458 g/mol. The SMILES string of the molecule is CO[C@@H]1[C@@H](N=[N+]=[N-])[C@@H](OC(C)=O)[C@@H](COC(C)=O)O[C@H]1SC1(Cl)C=CC=NC1C#N. The lowest BCUT2D eigenvalue weighted by atomic mass is 9.97. The van der Waals surface area contributed by atoms with E-state index in [4.69, 9.17) is 36.1 Å². The number of hydrogen-bond acceptors (Lipinski definition) is 10. The van der Waals surface area contributed by atoms with Gasteiger partial charge in [0.15, 0.2) is 6.04 Å². The van der Waals surface area contributed by atoms with Gasteiger partial charge in [-0.25, -0.2) is 0 Å². The molecule has 0 aromatic carbocycles. The molecule has 2 heterocycles. The number of nitrogens with zero attached hydrogens (tertiary/aromatic N) is 5. The highest BCUT2D eigenvalue weighted by molar-refractivity contribution is 8.02. The third-order valence-corrected chi connectivity index (χ3v) is 6.20. The van der Waals surface area contributed by atoms with Crippen molar-refractivity contribution in [2.24, 2.45) is 10.1 Å². The molecule has 0 spiro atoms. The van der Waals surface area contributed by atoms with Crippen LogP contribution < -0.4 is 0 Å². The average Bonchev–Trinajstić information content (AvgIpc) is 2.68. The summed E-state index contributed by atoms with van der Waals surface area (Å²) in [6, 6.07) is 0.103. The van der Waals surface area contributed by atoms with Crippen molar-refractivity contribution in [2.75, 3.05) is 13.7 Å². The second kappa shape index (κ2) is 10.7. The standard InChI is InChI=1S/C17H20ClN5O6S/c1-9(24)27-8-11-14(28-10(2)25)13(22-23-20)15(26-3)16(29-11)30-17(18)5-4-6-21-12(17)7-19/h4-6,11-16H,8H2,1-3H3/t11-,12?,13+,14+,15-,16+,17?/m1/s1. The molecule has 1 saturated heterocycles. The zero-order valence-electron chi connectivity index (χ0n) is 16.4. The Morgan fingerprint density at radius 1 is 1.43 bits per heavy atom. The molecule has 162 valence electrons. The second-order valence-electron chi connectivity index (χ2n) is 6.32. The summed E-state index contributed by atoms with van der Waals surface area (Å²) in [6.45, 7) is 2.15. The Morgan fingerprint density at radius 3 is 2.73 bits per heavy atom. The molecular formula is C17H20ClN5O6S. The van der Waals surface area contributed by atoms with E-state index in [2.05, 4.69) is 15.0 Å². The number of carbonyl (C=O) groups excluding carboxylic acids is 2. The summed E-state index contributed by atoms with van der Waals surface area (Å²) in [4.78, 5) is 29.8. The van der Waals surface area contributed by atoms with Gasteiger partial charge in [0.25, 0.3) is 0 Å². The number of nitriles is 1. The van der Waals surface area contributed by atoms with Crippen molar-refractivity contribution >= 4 is 41.5 Å². The van der Waals surface area contributed by atoms with Crippen LogP contribution in [0.2, 0.25) is 0 Å². The summed E-state index contributed by atoms with van der Waals surface area (Å²) in [7, 11) is 1.37. The van der Waals surface area contributed by atoms with Crippen LogP contribution in [0.3, 0.4) is 0 Å². The van der Waals surface area contributed by atoms with Crippen LogP contribution in [-0.2, 0) is 28.5 Å². The smallest absolute Gasteiger partial charge is 0.303 e. The Labute approximate surface area is 182 Å². The quantitative estimate of drug-likeness (QED) is 0.185. The monoisotopic (exact) mass is 457 g/mol. The van der Waals surface area contributed by atoms with Gasteiger partial charge >= 0.3 is 11.9 Å². The van der Waals surface area contributed by atoms with Crippen molar-refractivity contribution in [1.29, 1.82) is 5.26 Å². The number of methoxy groups -OCH3 is 1. The number of thioether (sulfide) groups is 1. The number of halogens is 1. The van der Waals surface area contributed by atoms with Gasteiger partial charge in [0.2, 0.25) is 0 Å². The molecule has 0 saturated carbocycles. The van der Waals surface area contributed by atoms with Crippen LogP contribution in [0, 0.1) is 11.3 Å². The lowest BCUT2D eigenvalue weighted by Crippen LogP contribution is -2.59. The van der Waals surface area contributed by atoms with Crippen molar-refractivity contribution in [2.45, 2.75) is 53.9 Å². The van der Waals surface area contributed by atoms with Gasteiger partial charge in [0.05, 0.1) is 6.07 Å². The van der Waals surface area contributed by atoms with Crippen molar-refractivity contribution < 1.29 is 28.5 Å². The zero-order valence-corrected chi connectivity index (χ0v) is 17.9. The van der Waals surface area contributed by atoms with Crippen molar-refractivity contribution in [1.82, 2.24) is 0 Å². The van der Waals surface area contributed by atoms with Crippen LogP contribution in [0.15, 0.2) is 22.3 Å². The molecule has 0 aliphatic carbocycles. The minimum atomic E-state index is -1.29. The Hall–Kier alpha value is -2.29. The van der Waals surface area contributed by atoms with E-state index < -0.39 is 52.0 Å². The number of carbonyl (C=O) groups is 2. The lowest BCUT2D eigenvalue weighted by molar-refractivity contribution is -0.196. The molecule has 2 aliphatic heterocycles. The maximum Gasteiger partial charge on any atom is 0.303 e. The molecule has 0 N–H and O–H groups in total. The van der Waals surface area contributed by atoms with Crippen LogP contribution >= 0.6 is 23.4 Å². The first-order valence-corrected chi connectivity index (χ1v) is 10.0. The Kier molecular flexibility index (Phi) is 8.52. The molecular weight excluding hydrogens is 438 g/mol. The highest BCUT2D eigenvalue weighted by atomic mass is 35.5. The van der Waals surface area contributed by atoms with Gasteiger partial charge in [-0.3, -0.25) is 14.6 Å². The first-order valence-electron chi connectivity index (χ1n) is 8.76. The molecule has 2 aliphatic rings. The summed E-state index contributed by atoms with van der Waals surface area (Å²) in [5.74, 6) is -1.21. The first kappa shape index (κ1) is 24.0. The molecule has 2 unspecified atom stereocenters. The summed E-state index contributed by atoms with van der Waals surface area (Å²) in [5, 5.41) is 13.1. The molecule has 2 rings (SSSR count). The molecule has 11 nitrogen and oxygen atoms in total. The lowest BCUT2D eigenvalue weighted by Gasteiger charge is -2.45. The summed E-state index contributed by atoms with van der Waals surface area (Å²) in [5.41, 5.74) is 8.19. The highest BCUT2D eigenvalue weighted by Gasteiger charge is 2.52. The number of aliphatic imine (C=N–C) groups is 1. The maximum atomic E-state index is 11.6. The second-order valence-corrected chi connectivity index (χ2v) is 8.55. The van der Waals surface area contributed by atoms with Crippen LogP contribution in [0.4, 0.5) is 0 Å². The number of alkyl halides is 1. The molecule has 13 heteroatoms. The molecule has 7 atom stereocenters. The van der Waals surface area contributed by atoms with Crippen LogP contribution in [-0.4, -0.2) is 71.9 Å². The topological polar surface area (TPSA) is 156 Å². The Bertz CT molecular complexity index is 813. The fourth-order valence-corrected chi connectivity index (χ4v) is 4.81. The fraction of sp³-hybridized carbons (Fsp3) is 0.647. The van der Waals surface area contributed by atoms with E-state index in [1.54, 1.807) is 12.2 Å². The molecule has 1 fully saturated rings. The fourth-order valence-electron chi connectivity index (χ4n) is 3.01. The third kappa shape index (κ3) is 5.65. The number of ether oxygens (including phenoxy) is 4. The van der Waals surface area contributed by atoms with E-state index in [1.807, 2.05) is 6.07 Å². The van der Waals surface area contributed by atoms with E-state index in [0.29, 0.717) is 0 Å². The summed E-state index contributed by atoms with van der Waals surface area (Å²) >= 11 is 7.68. The number of dihydropyridines is 1. The number of azide groups is 1. The molecule has 0 aromatic heterocycles. The molecule has 30 heavy (non-hydrogen) atoms. The van der Waals surface area contributed by atoms with Crippen LogP contribution in [0.25, 0.3) is 10.4 Å². The van der Waals surface area contributed by atoms with Gasteiger partial charge in [-0.15, -0.1) is 0 Å². The number of rotatable bonds is 7. The van der Waals surface area contributed by atoms with Gasteiger partial charge < -0.3 is 18.9 Å². The highest BCUT2D eigenvalue weighted by Crippen LogP contribution is 2.45. The van der Waals surface area contributed by atoms with Gasteiger partial charge in [-0.1, -0.05) is 28.5 Å². The van der Waals surface area contributed by atoms with E-state index in [0.717, 1.165) is 11.8 Å². The first-order chi connectivity index (χ1) is 14.3. The van der Waals surface area contributed by atoms with E-state index in [9.17, 15) is 14.9 Å². The van der Waals surface area contributed by atoms with Crippen molar-refractivity contribution in [3.63, 3.8) is 0 Å². The van der Waals surface area contributed by atoms with Gasteiger partial charge in [0, 0.05) is 32.1 Å². The largest absolute Gasteiger partial charge is 0.463 e. The summed E-state index contributed by atoms with van der Waals surface area (Å²) < 4.78 is 20.6. The van der Waals surface area contributed by atoms with Gasteiger partial charge in [-0.05, 0) is 17.7 Å². The minimum absolute atomic E-state index is 0.261. The predicted molar refractivity (Wildman–Crippen MR) is 108 cm³/mol. The molecule has 0 bridgehead atoms. The molecule has 0 amide bonds. The predicted octanol–water partition coefficient (Wildman–Crippen LogP) is 2.10. The van der Waals surface area contributed by atoms with Crippen LogP contribution in [0.5, 0.6) is 0 Å². The number of allylic oxidation sites excluding steroid dienone is 1. The Balaban J connectivity index is 2.39. The molecule has 0 aromatic rings. The van der Waals surface area contributed by atoms with E-state index in [-0.39, 0.29) is 6.61 Å². The number of hydrogen-bond donors (Lipinski definition) is 0. The van der Waals surface area contributed by atoms with E-state index in [1.165, 1.54) is 27.2 Å². The Morgan fingerprint density at radius 2 is 2.17 bits per heavy atom. The third-order valence-electron chi connectivity index (χ3n) is 4.26. The van der Waals surface area contributed by atoms with Crippen LogP contribution in [0.1, 0.15) is 13.8 Å². The zero-order chi connectivity index (χ0) is 22.3. The summed E-state index contributed by atoms with van der Waals surface area (Å²) in [6.07, 6.45) is 1.73. The molecule has 0 radical (unpaired) electrons.